The van der Waals surface area contributed by atoms with Crippen molar-refractivity contribution >= 4 is 11.8 Å². The standard InChI is InChI=1S/C13H23N3O3/c1-5-10-15-11(13(17)19-6-2)12(14)16(10)7-9(3)8-18-4/h9H,5-8,14H2,1-4H3. The molecule has 2 N–H and O–H groups in total. The van der Waals surface area contributed by atoms with E-state index in [0.717, 1.165) is 5.82 Å². The van der Waals surface area contributed by atoms with Gasteiger partial charge in [0.05, 0.1) is 13.2 Å². The summed E-state index contributed by atoms with van der Waals surface area (Å²) in [6.45, 7) is 7.42. The number of esters is 1. The van der Waals surface area contributed by atoms with E-state index >= 15 is 0 Å². The first-order valence-corrected chi connectivity index (χ1v) is 6.55. The van der Waals surface area contributed by atoms with Gasteiger partial charge in [-0.05, 0) is 12.8 Å². The molecule has 1 atom stereocenters. The molecule has 0 fully saturated rings. The summed E-state index contributed by atoms with van der Waals surface area (Å²) in [5, 5.41) is 0. The van der Waals surface area contributed by atoms with E-state index in [9.17, 15) is 4.79 Å². The Kier molecular flexibility index (Phi) is 5.82. The lowest BCUT2D eigenvalue weighted by Crippen LogP contribution is -2.17. The lowest BCUT2D eigenvalue weighted by molar-refractivity contribution is 0.0521. The van der Waals surface area contributed by atoms with Crippen molar-refractivity contribution in [2.24, 2.45) is 5.92 Å². The summed E-state index contributed by atoms with van der Waals surface area (Å²) in [5.74, 6) is 0.997. The number of imidazole rings is 1. The van der Waals surface area contributed by atoms with Gasteiger partial charge in [0.1, 0.15) is 11.6 Å². The summed E-state index contributed by atoms with van der Waals surface area (Å²) in [5.41, 5.74) is 6.23. The fourth-order valence-corrected chi connectivity index (χ4v) is 1.99. The largest absolute Gasteiger partial charge is 0.461 e. The first-order chi connectivity index (χ1) is 9.04. The molecule has 1 aromatic rings. The zero-order valence-corrected chi connectivity index (χ0v) is 12.1. The van der Waals surface area contributed by atoms with Crippen LogP contribution in [-0.2, 0) is 22.4 Å². The van der Waals surface area contributed by atoms with Crippen LogP contribution in [0.3, 0.4) is 0 Å². The van der Waals surface area contributed by atoms with Gasteiger partial charge < -0.3 is 19.8 Å². The molecule has 6 heteroatoms. The second-order valence-corrected chi connectivity index (χ2v) is 4.51. The number of aromatic nitrogens is 2. The highest BCUT2D eigenvalue weighted by molar-refractivity contribution is 5.92. The minimum Gasteiger partial charge on any atom is -0.461 e. The molecule has 0 saturated heterocycles. The molecule has 0 amide bonds. The minimum absolute atomic E-state index is 0.211. The van der Waals surface area contributed by atoms with Gasteiger partial charge >= 0.3 is 5.97 Å². The van der Waals surface area contributed by atoms with Gasteiger partial charge in [0.15, 0.2) is 5.69 Å². The van der Waals surface area contributed by atoms with Crippen molar-refractivity contribution in [1.82, 2.24) is 9.55 Å². The Morgan fingerprint density at radius 2 is 2.16 bits per heavy atom. The number of hydrogen-bond donors (Lipinski definition) is 1. The third kappa shape index (κ3) is 3.70. The van der Waals surface area contributed by atoms with Crippen molar-refractivity contribution in [3.63, 3.8) is 0 Å². The summed E-state index contributed by atoms with van der Waals surface area (Å²) < 4.78 is 11.9. The van der Waals surface area contributed by atoms with Crippen molar-refractivity contribution in [2.75, 3.05) is 26.1 Å². The highest BCUT2D eigenvalue weighted by Gasteiger charge is 2.21. The SMILES string of the molecule is CCOC(=O)c1nc(CC)n(CC(C)COC)c1N. The molecule has 1 aromatic heterocycles. The number of carbonyl (C=O) groups is 1. The average molecular weight is 269 g/mol. The van der Waals surface area contributed by atoms with Gasteiger partial charge in [-0.2, -0.15) is 0 Å². The number of hydrogen-bond acceptors (Lipinski definition) is 5. The maximum absolute atomic E-state index is 11.8. The van der Waals surface area contributed by atoms with Gasteiger partial charge in [0.25, 0.3) is 0 Å². The zero-order valence-electron chi connectivity index (χ0n) is 12.1. The molecule has 0 aliphatic rings. The van der Waals surface area contributed by atoms with Gasteiger partial charge in [-0.3, -0.25) is 0 Å². The van der Waals surface area contributed by atoms with E-state index in [1.165, 1.54) is 0 Å². The first kappa shape index (κ1) is 15.5. The minimum atomic E-state index is -0.465. The van der Waals surface area contributed by atoms with E-state index < -0.39 is 5.97 Å². The Hall–Kier alpha value is -1.56. The zero-order chi connectivity index (χ0) is 14.4. The molecule has 0 radical (unpaired) electrons. The van der Waals surface area contributed by atoms with Gasteiger partial charge in [-0.15, -0.1) is 0 Å². The number of nitrogens with two attached hydrogens (primary N) is 1. The number of aryl methyl sites for hydroxylation is 1. The summed E-state index contributed by atoms with van der Waals surface area (Å²) in [6, 6.07) is 0. The molecule has 0 bridgehead atoms. The number of rotatable bonds is 7. The molecular formula is C13H23N3O3. The van der Waals surface area contributed by atoms with Crippen molar-refractivity contribution in [1.29, 1.82) is 0 Å². The number of anilines is 1. The first-order valence-electron chi connectivity index (χ1n) is 6.55. The second kappa shape index (κ2) is 7.13. The molecule has 19 heavy (non-hydrogen) atoms. The number of methoxy groups -OCH3 is 1. The van der Waals surface area contributed by atoms with Crippen LogP contribution in [0, 0.1) is 5.92 Å². The van der Waals surface area contributed by atoms with Crippen LogP contribution in [0.4, 0.5) is 5.82 Å². The third-order valence-electron chi connectivity index (χ3n) is 2.82. The molecule has 0 aromatic carbocycles. The molecule has 1 rings (SSSR count). The third-order valence-corrected chi connectivity index (χ3v) is 2.82. The monoisotopic (exact) mass is 269 g/mol. The quantitative estimate of drug-likeness (QED) is 0.759. The van der Waals surface area contributed by atoms with Gasteiger partial charge in [-0.25, -0.2) is 9.78 Å². The van der Waals surface area contributed by atoms with Gasteiger partial charge in [-0.1, -0.05) is 13.8 Å². The van der Waals surface area contributed by atoms with Crippen LogP contribution in [0.1, 0.15) is 37.1 Å². The molecule has 0 spiro atoms. The van der Waals surface area contributed by atoms with Crippen LogP contribution in [0.5, 0.6) is 0 Å². The highest BCUT2D eigenvalue weighted by Crippen LogP contribution is 2.18. The average Bonchev–Trinajstić information content (AvgIpc) is 2.67. The topological polar surface area (TPSA) is 79.4 Å². The lowest BCUT2D eigenvalue weighted by Gasteiger charge is -2.14. The van der Waals surface area contributed by atoms with Crippen LogP contribution in [-0.4, -0.2) is 35.8 Å². The van der Waals surface area contributed by atoms with E-state index in [2.05, 4.69) is 11.9 Å². The second-order valence-electron chi connectivity index (χ2n) is 4.51. The van der Waals surface area contributed by atoms with Crippen molar-refractivity contribution < 1.29 is 14.3 Å². The maximum atomic E-state index is 11.8. The smallest absolute Gasteiger partial charge is 0.360 e. The van der Waals surface area contributed by atoms with Crippen molar-refractivity contribution in [2.45, 2.75) is 33.7 Å². The Morgan fingerprint density at radius 3 is 2.68 bits per heavy atom. The number of nitrogen functional groups attached to an aromatic ring is 1. The van der Waals surface area contributed by atoms with E-state index in [4.69, 9.17) is 15.2 Å². The summed E-state index contributed by atoms with van der Waals surface area (Å²) >= 11 is 0. The van der Waals surface area contributed by atoms with Gasteiger partial charge in [0, 0.05) is 20.1 Å². The Morgan fingerprint density at radius 1 is 1.47 bits per heavy atom. The van der Waals surface area contributed by atoms with Crippen molar-refractivity contribution in [3.8, 4) is 0 Å². The predicted octanol–water partition coefficient (Wildman–Crippen LogP) is 1.49. The summed E-state index contributed by atoms with van der Waals surface area (Å²) in [7, 11) is 1.67. The lowest BCUT2D eigenvalue weighted by atomic mass is 10.2. The molecular weight excluding hydrogens is 246 g/mol. The number of nitrogens with zero attached hydrogens (tertiary/aromatic N) is 2. The normalized spacial score (nSPS) is 12.4. The van der Waals surface area contributed by atoms with Gasteiger partial charge in [0.2, 0.25) is 0 Å². The van der Waals surface area contributed by atoms with E-state index in [-0.39, 0.29) is 5.69 Å². The van der Waals surface area contributed by atoms with Crippen LogP contribution in [0.15, 0.2) is 0 Å². The number of ether oxygens (including phenoxy) is 2. The fourth-order valence-electron chi connectivity index (χ4n) is 1.99. The Labute approximate surface area is 113 Å². The molecule has 0 aliphatic carbocycles. The van der Waals surface area contributed by atoms with Crippen LogP contribution in [0.2, 0.25) is 0 Å². The van der Waals surface area contributed by atoms with Crippen LogP contribution >= 0.6 is 0 Å². The molecule has 0 aliphatic heterocycles. The fraction of sp³-hybridized carbons (Fsp3) is 0.692. The van der Waals surface area contributed by atoms with E-state index in [1.807, 2.05) is 11.5 Å². The summed E-state index contributed by atoms with van der Waals surface area (Å²) in [4.78, 5) is 16.0. The molecule has 108 valence electrons. The molecule has 1 unspecified atom stereocenters. The Balaban J connectivity index is 2.99. The molecule has 0 saturated carbocycles. The van der Waals surface area contributed by atoms with E-state index in [1.54, 1.807) is 14.0 Å². The highest BCUT2D eigenvalue weighted by atomic mass is 16.5. The molecule has 1 heterocycles. The predicted molar refractivity (Wildman–Crippen MR) is 73.0 cm³/mol. The van der Waals surface area contributed by atoms with Crippen LogP contribution in [0.25, 0.3) is 0 Å². The molecule has 6 nitrogen and oxygen atoms in total. The van der Waals surface area contributed by atoms with Crippen LogP contribution < -0.4 is 5.73 Å². The maximum Gasteiger partial charge on any atom is 0.360 e. The van der Waals surface area contributed by atoms with E-state index in [0.29, 0.717) is 37.9 Å². The summed E-state index contributed by atoms with van der Waals surface area (Å²) in [6.07, 6.45) is 0.712. The van der Waals surface area contributed by atoms with Crippen molar-refractivity contribution in [3.05, 3.63) is 11.5 Å². The Bertz CT molecular complexity index is 429. The number of carbonyl (C=O) groups excluding carboxylic acids is 1.